The predicted molar refractivity (Wildman–Crippen MR) is 57.0 cm³/mol. The topological polar surface area (TPSA) is 9.23 Å². The Kier molecular flexibility index (Phi) is 1.96. The van der Waals surface area contributed by atoms with Gasteiger partial charge in [-0.2, -0.15) is 0 Å². The zero-order chi connectivity index (χ0) is 9.76. The summed E-state index contributed by atoms with van der Waals surface area (Å²) in [5, 5.41) is 0. The van der Waals surface area contributed by atoms with Crippen LogP contribution in [0.15, 0.2) is 0 Å². The van der Waals surface area contributed by atoms with Crippen molar-refractivity contribution in [3.63, 3.8) is 0 Å². The fraction of sp³-hybridized carbons (Fsp3) is 1.00. The zero-order valence-electron chi connectivity index (χ0n) is 9.46. The molecule has 0 aromatic heterocycles. The van der Waals surface area contributed by atoms with Crippen LogP contribution >= 0.6 is 0 Å². The van der Waals surface area contributed by atoms with Gasteiger partial charge in [-0.15, -0.1) is 0 Å². The number of rotatable bonds is 3. The standard InChI is InChI=1S/C13H22O/c1-3-14-8-13-6-10-4-9(2)5-11(7-13)12(10)13/h9-12H,3-8H2,1-2H3. The van der Waals surface area contributed by atoms with Crippen LogP contribution in [0.4, 0.5) is 0 Å². The van der Waals surface area contributed by atoms with Crippen LogP contribution in [0.3, 0.4) is 0 Å². The number of ether oxygens (including phenoxy) is 1. The maximum Gasteiger partial charge on any atom is 0.0525 e. The molecule has 0 amide bonds. The van der Waals surface area contributed by atoms with E-state index in [1.807, 2.05) is 0 Å². The Balaban J connectivity index is 1.64. The van der Waals surface area contributed by atoms with E-state index in [0.717, 1.165) is 36.9 Å². The third-order valence-electron chi connectivity index (χ3n) is 5.06. The molecular weight excluding hydrogens is 172 g/mol. The van der Waals surface area contributed by atoms with Crippen LogP contribution in [0.25, 0.3) is 0 Å². The van der Waals surface area contributed by atoms with E-state index in [0.29, 0.717) is 5.41 Å². The minimum absolute atomic E-state index is 0.672. The van der Waals surface area contributed by atoms with E-state index in [1.165, 1.54) is 25.7 Å². The molecule has 0 aliphatic heterocycles. The van der Waals surface area contributed by atoms with Gasteiger partial charge in [0.15, 0.2) is 0 Å². The first-order valence-electron chi connectivity index (χ1n) is 6.33. The molecule has 2 atom stereocenters. The first kappa shape index (κ1) is 9.21. The minimum Gasteiger partial charge on any atom is -0.381 e. The largest absolute Gasteiger partial charge is 0.381 e. The van der Waals surface area contributed by atoms with Crippen molar-refractivity contribution in [1.29, 1.82) is 0 Å². The molecule has 3 fully saturated rings. The van der Waals surface area contributed by atoms with E-state index in [1.54, 1.807) is 0 Å². The van der Waals surface area contributed by atoms with Gasteiger partial charge in [0.1, 0.15) is 0 Å². The van der Waals surface area contributed by atoms with E-state index in [4.69, 9.17) is 4.74 Å². The van der Waals surface area contributed by atoms with Gasteiger partial charge in [0.25, 0.3) is 0 Å². The molecule has 3 aliphatic rings. The summed E-state index contributed by atoms with van der Waals surface area (Å²) in [6.45, 7) is 6.53. The number of hydrogen-bond donors (Lipinski definition) is 0. The highest BCUT2D eigenvalue weighted by atomic mass is 16.5. The zero-order valence-corrected chi connectivity index (χ0v) is 9.46. The Hall–Kier alpha value is -0.0400. The lowest BCUT2D eigenvalue weighted by atomic mass is 9.35. The molecule has 1 nitrogen and oxygen atoms in total. The van der Waals surface area contributed by atoms with Crippen LogP contribution in [0.2, 0.25) is 0 Å². The molecule has 0 saturated heterocycles. The third-order valence-corrected chi connectivity index (χ3v) is 5.06. The normalized spacial score (nSPS) is 54.4. The first-order chi connectivity index (χ1) is 6.75. The second kappa shape index (κ2) is 2.98. The van der Waals surface area contributed by atoms with Crippen molar-refractivity contribution >= 4 is 0 Å². The van der Waals surface area contributed by atoms with Crippen LogP contribution in [0.5, 0.6) is 0 Å². The molecule has 1 heteroatoms. The molecule has 0 aromatic rings. The van der Waals surface area contributed by atoms with Gasteiger partial charge >= 0.3 is 0 Å². The first-order valence-corrected chi connectivity index (χ1v) is 6.33. The van der Waals surface area contributed by atoms with E-state index >= 15 is 0 Å². The molecule has 3 saturated carbocycles. The predicted octanol–water partition coefficient (Wildman–Crippen LogP) is 3.10. The molecule has 80 valence electrons. The van der Waals surface area contributed by atoms with Crippen molar-refractivity contribution in [2.45, 2.75) is 39.5 Å². The highest BCUT2D eigenvalue weighted by Crippen LogP contribution is 2.72. The van der Waals surface area contributed by atoms with Crippen molar-refractivity contribution in [3.05, 3.63) is 0 Å². The summed E-state index contributed by atoms with van der Waals surface area (Å²) in [6, 6.07) is 0. The average Bonchev–Trinajstić information content (AvgIpc) is 2.08. The maximum atomic E-state index is 5.65. The SMILES string of the molecule is CCOCC12CC3CC(C)CC(C1)C32. The van der Waals surface area contributed by atoms with Crippen LogP contribution in [-0.4, -0.2) is 13.2 Å². The summed E-state index contributed by atoms with van der Waals surface area (Å²) in [5.74, 6) is 4.24. The molecular formula is C13H22O. The van der Waals surface area contributed by atoms with Crippen LogP contribution in [0.1, 0.15) is 39.5 Å². The smallest absolute Gasteiger partial charge is 0.0525 e. The molecule has 14 heavy (non-hydrogen) atoms. The lowest BCUT2D eigenvalue weighted by Gasteiger charge is -2.71. The van der Waals surface area contributed by atoms with E-state index in [9.17, 15) is 0 Å². The minimum atomic E-state index is 0.672. The van der Waals surface area contributed by atoms with Crippen molar-refractivity contribution < 1.29 is 4.74 Å². The second-order valence-electron chi connectivity index (χ2n) is 6.03. The maximum absolute atomic E-state index is 5.65. The summed E-state index contributed by atoms with van der Waals surface area (Å²) in [4.78, 5) is 0. The summed E-state index contributed by atoms with van der Waals surface area (Å²) in [6.07, 6.45) is 5.99. The van der Waals surface area contributed by atoms with Gasteiger partial charge in [-0.1, -0.05) is 6.92 Å². The molecule has 0 radical (unpaired) electrons. The van der Waals surface area contributed by atoms with Gasteiger partial charge in [0.2, 0.25) is 0 Å². The fourth-order valence-corrected chi connectivity index (χ4v) is 4.83. The average molecular weight is 194 g/mol. The van der Waals surface area contributed by atoms with Crippen molar-refractivity contribution in [3.8, 4) is 0 Å². The highest BCUT2D eigenvalue weighted by Gasteiger charge is 2.66. The Morgan fingerprint density at radius 1 is 1.21 bits per heavy atom. The Morgan fingerprint density at radius 3 is 2.43 bits per heavy atom. The van der Waals surface area contributed by atoms with Gasteiger partial charge < -0.3 is 4.74 Å². The van der Waals surface area contributed by atoms with Gasteiger partial charge in [-0.25, -0.2) is 0 Å². The summed E-state index contributed by atoms with van der Waals surface area (Å²) >= 11 is 0. The molecule has 0 spiro atoms. The van der Waals surface area contributed by atoms with Crippen LogP contribution in [0, 0.1) is 29.1 Å². The van der Waals surface area contributed by atoms with Gasteiger partial charge in [0.05, 0.1) is 6.61 Å². The lowest BCUT2D eigenvalue weighted by molar-refractivity contribution is -0.240. The molecule has 0 bridgehead atoms. The molecule has 0 heterocycles. The van der Waals surface area contributed by atoms with Gasteiger partial charge in [-0.3, -0.25) is 0 Å². The van der Waals surface area contributed by atoms with Gasteiger partial charge in [0, 0.05) is 6.61 Å². The van der Waals surface area contributed by atoms with E-state index in [-0.39, 0.29) is 0 Å². The molecule has 0 N–H and O–H groups in total. The highest BCUT2D eigenvalue weighted by molar-refractivity contribution is 5.14. The molecule has 3 rings (SSSR count). The van der Waals surface area contributed by atoms with Gasteiger partial charge in [-0.05, 0) is 61.7 Å². The third kappa shape index (κ3) is 1.05. The van der Waals surface area contributed by atoms with Crippen LogP contribution < -0.4 is 0 Å². The van der Waals surface area contributed by atoms with Crippen molar-refractivity contribution in [2.24, 2.45) is 29.1 Å². The quantitative estimate of drug-likeness (QED) is 0.671. The van der Waals surface area contributed by atoms with E-state index < -0.39 is 0 Å². The second-order valence-corrected chi connectivity index (χ2v) is 6.03. The Bertz CT molecular complexity index is 219. The Morgan fingerprint density at radius 2 is 1.86 bits per heavy atom. The lowest BCUT2D eigenvalue weighted by Crippen LogP contribution is -2.65. The molecule has 2 unspecified atom stereocenters. The van der Waals surface area contributed by atoms with Crippen molar-refractivity contribution in [1.82, 2.24) is 0 Å². The summed E-state index contributed by atoms with van der Waals surface area (Å²) in [7, 11) is 0. The van der Waals surface area contributed by atoms with Crippen LogP contribution in [-0.2, 0) is 4.74 Å². The molecule has 3 aliphatic carbocycles. The summed E-state index contributed by atoms with van der Waals surface area (Å²) < 4.78 is 5.65. The monoisotopic (exact) mass is 194 g/mol. The number of hydrogen-bond acceptors (Lipinski definition) is 1. The molecule has 0 aromatic carbocycles. The summed E-state index contributed by atoms with van der Waals surface area (Å²) in [5.41, 5.74) is 0.672. The fourth-order valence-electron chi connectivity index (χ4n) is 4.83. The van der Waals surface area contributed by atoms with E-state index in [2.05, 4.69) is 13.8 Å². The Labute approximate surface area is 87.2 Å². The van der Waals surface area contributed by atoms with Crippen molar-refractivity contribution in [2.75, 3.05) is 13.2 Å².